The number of methoxy groups -OCH3 is 1. The first kappa shape index (κ1) is 54.6. The molecule has 0 aromatic heterocycles. The maximum Gasteiger partial charge on any atom is 0.307 e. The van der Waals surface area contributed by atoms with Crippen LogP contribution in [-0.4, -0.2) is 130 Å². The summed E-state index contributed by atoms with van der Waals surface area (Å²) in [6.07, 6.45) is 6.04. The molecule has 1 aromatic carbocycles. The standard InChI is InChI=1S/C51H78N4O10/c1-12-34(6)49(43(65-11)31-47(61)54-27-19-22-40(54)35(7)36(8)41(56)29-38(51(63)64)28-37-20-15-13-16-21-37)53(10)50(62)39(32(2)3)30-42(57)48(33(4)5)52(9)44(58)23-17-14-18-26-55-45(59)24-25-46(55)60/h13,15-16,20-21,24-25,32-36,38-40,43,48-49H,12,14,17-19,22-23,26-31H2,1-11H3,(H,63,64)/t34-,35+,36+,38+,39-,40-,43+,48-,49-/m0/s1. The number of benzene rings is 1. The van der Waals surface area contributed by atoms with Crippen LogP contribution in [0.15, 0.2) is 42.5 Å². The first-order valence-electron chi connectivity index (χ1n) is 23.9. The van der Waals surface area contributed by atoms with Crippen molar-refractivity contribution in [3.63, 3.8) is 0 Å². The van der Waals surface area contributed by atoms with Gasteiger partial charge in [0.05, 0.1) is 30.5 Å². The molecule has 9 atom stereocenters. The van der Waals surface area contributed by atoms with Crippen LogP contribution in [-0.2, 0) is 49.5 Å². The molecule has 1 N–H and O–H groups in total. The molecule has 362 valence electrons. The second kappa shape index (κ2) is 25.8. The van der Waals surface area contributed by atoms with Crippen LogP contribution in [0.25, 0.3) is 0 Å². The van der Waals surface area contributed by atoms with Gasteiger partial charge in [0, 0.05) is 83.6 Å². The number of amides is 5. The van der Waals surface area contributed by atoms with Crippen LogP contribution in [0.3, 0.4) is 0 Å². The van der Waals surface area contributed by atoms with Crippen molar-refractivity contribution in [2.45, 2.75) is 150 Å². The second-order valence-electron chi connectivity index (χ2n) is 19.3. The lowest BCUT2D eigenvalue weighted by Crippen LogP contribution is -2.54. The first-order chi connectivity index (χ1) is 30.7. The molecule has 14 nitrogen and oxygen atoms in total. The SMILES string of the molecule is CC[C@H](C)[C@@H]([C@@H](CC(=O)N1CCC[C@H]1[C@H](C)[C@@H](C)C(=O)C[C@@H](Cc1ccccc1)C(=O)O)OC)N(C)C(=O)[C@@H](CC(=O)[C@H](C(C)C)N(C)C(=O)CCCCCN1C(=O)C=CC1=O)C(C)C. The molecule has 0 aliphatic carbocycles. The summed E-state index contributed by atoms with van der Waals surface area (Å²) in [5, 5.41) is 9.97. The minimum absolute atomic E-state index is 0.00611. The van der Waals surface area contributed by atoms with Gasteiger partial charge in [0.1, 0.15) is 5.78 Å². The van der Waals surface area contributed by atoms with Crippen molar-refractivity contribution in [1.29, 1.82) is 0 Å². The monoisotopic (exact) mass is 907 g/mol. The molecular weight excluding hydrogens is 829 g/mol. The van der Waals surface area contributed by atoms with Crippen molar-refractivity contribution in [2.24, 2.45) is 41.4 Å². The Morgan fingerprint density at radius 3 is 2.00 bits per heavy atom. The lowest BCUT2D eigenvalue weighted by Gasteiger charge is -2.41. The lowest BCUT2D eigenvalue weighted by molar-refractivity contribution is -0.149. The van der Waals surface area contributed by atoms with Gasteiger partial charge < -0.3 is 24.5 Å². The molecule has 2 heterocycles. The highest BCUT2D eigenvalue weighted by Crippen LogP contribution is 2.33. The second-order valence-corrected chi connectivity index (χ2v) is 19.3. The van der Waals surface area contributed by atoms with E-state index in [1.54, 1.807) is 26.1 Å². The van der Waals surface area contributed by atoms with Crippen molar-refractivity contribution in [3.05, 3.63) is 48.0 Å². The van der Waals surface area contributed by atoms with E-state index in [0.29, 0.717) is 38.6 Å². The van der Waals surface area contributed by atoms with Gasteiger partial charge in [-0.1, -0.05) is 98.6 Å². The van der Waals surface area contributed by atoms with Crippen LogP contribution in [0.1, 0.15) is 125 Å². The summed E-state index contributed by atoms with van der Waals surface area (Å²) in [6.45, 7) is 16.2. The summed E-state index contributed by atoms with van der Waals surface area (Å²) in [7, 11) is 4.89. The summed E-state index contributed by atoms with van der Waals surface area (Å²) in [4.78, 5) is 112. The zero-order valence-electron chi connectivity index (χ0n) is 41.0. The molecule has 0 radical (unpaired) electrons. The number of aliphatic carboxylic acids is 1. The van der Waals surface area contributed by atoms with Gasteiger partial charge in [-0.3, -0.25) is 43.3 Å². The van der Waals surface area contributed by atoms with E-state index in [-0.39, 0.29) is 109 Å². The van der Waals surface area contributed by atoms with Crippen molar-refractivity contribution >= 4 is 47.1 Å². The Morgan fingerprint density at radius 1 is 0.815 bits per heavy atom. The van der Waals surface area contributed by atoms with E-state index in [2.05, 4.69) is 0 Å². The Hall–Kier alpha value is -4.72. The number of carbonyl (C=O) groups excluding carboxylic acids is 7. The van der Waals surface area contributed by atoms with Crippen LogP contribution >= 0.6 is 0 Å². The molecule has 0 bridgehead atoms. The first-order valence-corrected chi connectivity index (χ1v) is 23.9. The van der Waals surface area contributed by atoms with E-state index in [4.69, 9.17) is 4.74 Å². The number of ketones is 2. The summed E-state index contributed by atoms with van der Waals surface area (Å²) in [6, 6.07) is 7.81. The summed E-state index contributed by atoms with van der Waals surface area (Å²) in [5.74, 6) is -5.31. The van der Waals surface area contributed by atoms with E-state index in [9.17, 15) is 43.5 Å². The Bertz CT molecular complexity index is 1810. The molecule has 1 fully saturated rings. The third kappa shape index (κ3) is 14.9. The van der Waals surface area contributed by atoms with Gasteiger partial charge in [-0.25, -0.2) is 0 Å². The third-order valence-electron chi connectivity index (χ3n) is 14.2. The average molecular weight is 907 g/mol. The average Bonchev–Trinajstić information content (AvgIpc) is 3.89. The molecule has 1 saturated heterocycles. The molecule has 0 spiro atoms. The number of unbranched alkanes of at least 4 members (excludes halogenated alkanes) is 2. The predicted molar refractivity (Wildman–Crippen MR) is 249 cm³/mol. The summed E-state index contributed by atoms with van der Waals surface area (Å²) < 4.78 is 6.07. The molecule has 2 aliphatic rings. The van der Waals surface area contributed by atoms with Crippen molar-refractivity contribution in [1.82, 2.24) is 19.6 Å². The zero-order valence-corrected chi connectivity index (χ0v) is 41.0. The largest absolute Gasteiger partial charge is 0.481 e. The quantitative estimate of drug-likeness (QED) is 0.0709. The fourth-order valence-corrected chi connectivity index (χ4v) is 9.82. The number of rotatable bonds is 28. The lowest BCUT2D eigenvalue weighted by atomic mass is 9.81. The number of likely N-dealkylation sites (N-methyl/N-ethyl adjacent to an activating group) is 2. The minimum Gasteiger partial charge on any atom is -0.481 e. The van der Waals surface area contributed by atoms with E-state index in [1.165, 1.54) is 22.0 Å². The van der Waals surface area contributed by atoms with Gasteiger partial charge >= 0.3 is 5.97 Å². The van der Waals surface area contributed by atoms with E-state index < -0.39 is 41.9 Å². The van der Waals surface area contributed by atoms with Gasteiger partial charge in [-0.15, -0.1) is 0 Å². The van der Waals surface area contributed by atoms with Gasteiger partial charge in [0.2, 0.25) is 17.7 Å². The number of nitrogens with zero attached hydrogens (tertiary/aromatic N) is 4. The van der Waals surface area contributed by atoms with Gasteiger partial charge in [0.25, 0.3) is 11.8 Å². The number of likely N-dealkylation sites (tertiary alicyclic amines) is 1. The van der Waals surface area contributed by atoms with Crippen LogP contribution in [0.4, 0.5) is 0 Å². The Morgan fingerprint density at radius 2 is 1.45 bits per heavy atom. The number of Topliss-reactive ketones (excluding diaryl/α,β-unsaturated/α-hetero) is 2. The molecule has 1 aromatic rings. The van der Waals surface area contributed by atoms with Crippen LogP contribution in [0.5, 0.6) is 0 Å². The number of imide groups is 1. The third-order valence-corrected chi connectivity index (χ3v) is 14.2. The highest BCUT2D eigenvalue weighted by molar-refractivity contribution is 6.12. The number of ether oxygens (including phenoxy) is 1. The number of carboxylic acids is 1. The fraction of sp³-hybridized carbons (Fsp3) is 0.686. The number of carbonyl (C=O) groups is 8. The smallest absolute Gasteiger partial charge is 0.307 e. The normalized spacial score (nSPS) is 18.9. The van der Waals surface area contributed by atoms with Crippen molar-refractivity contribution < 1.29 is 48.2 Å². The van der Waals surface area contributed by atoms with E-state index in [1.807, 2.05) is 90.6 Å². The molecule has 3 rings (SSSR count). The highest BCUT2D eigenvalue weighted by Gasteiger charge is 2.42. The van der Waals surface area contributed by atoms with Crippen LogP contribution < -0.4 is 0 Å². The minimum atomic E-state index is -1.01. The molecule has 5 amide bonds. The molecule has 0 unspecified atom stereocenters. The number of hydrogen-bond donors (Lipinski definition) is 1. The topological polar surface area (TPSA) is 179 Å². The van der Waals surface area contributed by atoms with Gasteiger partial charge in [0.15, 0.2) is 5.78 Å². The maximum atomic E-state index is 14.6. The van der Waals surface area contributed by atoms with Crippen molar-refractivity contribution in [3.8, 4) is 0 Å². The number of hydrogen-bond acceptors (Lipinski definition) is 9. The number of carboxylic acid groups (broad SMARTS) is 1. The molecule has 0 saturated carbocycles. The molecule has 14 heteroatoms. The molecule has 65 heavy (non-hydrogen) atoms. The summed E-state index contributed by atoms with van der Waals surface area (Å²) >= 11 is 0. The Labute approximate surface area is 387 Å². The molecular formula is C51H78N4O10. The van der Waals surface area contributed by atoms with Crippen molar-refractivity contribution in [2.75, 3.05) is 34.3 Å². The Balaban J connectivity index is 1.69. The van der Waals surface area contributed by atoms with E-state index >= 15 is 0 Å². The van der Waals surface area contributed by atoms with Gasteiger partial charge in [-0.2, -0.15) is 0 Å². The maximum absolute atomic E-state index is 14.6. The van der Waals surface area contributed by atoms with Gasteiger partial charge in [-0.05, 0) is 61.3 Å². The van der Waals surface area contributed by atoms with Crippen LogP contribution in [0.2, 0.25) is 0 Å². The molecule has 2 aliphatic heterocycles. The Kier molecular flexibility index (Phi) is 21.7. The fourth-order valence-electron chi connectivity index (χ4n) is 9.82. The highest BCUT2D eigenvalue weighted by atomic mass is 16.5. The van der Waals surface area contributed by atoms with Crippen LogP contribution in [0, 0.1) is 41.4 Å². The zero-order chi connectivity index (χ0) is 48.7. The predicted octanol–water partition coefficient (Wildman–Crippen LogP) is 6.63. The van der Waals surface area contributed by atoms with E-state index in [0.717, 1.165) is 12.0 Å². The summed E-state index contributed by atoms with van der Waals surface area (Å²) in [5.41, 5.74) is 0.856.